The van der Waals surface area contributed by atoms with Crippen molar-refractivity contribution in [2.45, 2.75) is 20.1 Å². The minimum Gasteiger partial charge on any atom is -0.383 e. The molecule has 1 heterocycles. The molecule has 0 saturated carbocycles. The molecule has 21 heavy (non-hydrogen) atoms. The lowest BCUT2D eigenvalue weighted by Gasteiger charge is -2.03. The third-order valence-corrected chi connectivity index (χ3v) is 4.33. The molecule has 0 atom stereocenters. The highest BCUT2D eigenvalue weighted by Gasteiger charge is 2.13. The summed E-state index contributed by atoms with van der Waals surface area (Å²) < 4.78 is 10.3. The Hall–Kier alpha value is -1.27. The molecule has 2 aromatic rings. The second-order valence-corrected chi connectivity index (χ2v) is 5.89. The van der Waals surface area contributed by atoms with Crippen LogP contribution in [-0.4, -0.2) is 32.4 Å². The van der Waals surface area contributed by atoms with E-state index in [2.05, 4.69) is 36.5 Å². The van der Waals surface area contributed by atoms with Crippen LogP contribution in [-0.2, 0) is 22.6 Å². The van der Waals surface area contributed by atoms with E-state index in [4.69, 9.17) is 14.5 Å². The summed E-state index contributed by atoms with van der Waals surface area (Å²) in [5.41, 5.74) is 3.46. The van der Waals surface area contributed by atoms with E-state index in [0.717, 1.165) is 23.8 Å². The fraction of sp³-hybridized carbons (Fsp3) is 0.438. The molecule has 5 heteroatoms. The van der Waals surface area contributed by atoms with E-state index in [1.54, 1.807) is 25.6 Å². The molecule has 0 aliphatic rings. The molecule has 0 unspecified atom stereocenters. The van der Waals surface area contributed by atoms with Gasteiger partial charge in [0.2, 0.25) is 0 Å². The summed E-state index contributed by atoms with van der Waals surface area (Å²) in [5, 5.41) is 4.43. The number of hydrogen-bond acceptors (Lipinski definition) is 5. The molecule has 2 rings (SSSR count). The number of ether oxygens (including phenoxy) is 2. The van der Waals surface area contributed by atoms with Crippen LogP contribution in [0.5, 0.6) is 0 Å². The third kappa shape index (κ3) is 4.35. The zero-order valence-electron chi connectivity index (χ0n) is 12.8. The summed E-state index contributed by atoms with van der Waals surface area (Å²) in [5.74, 6) is 0. The van der Waals surface area contributed by atoms with Crippen molar-refractivity contribution < 1.29 is 9.47 Å². The summed E-state index contributed by atoms with van der Waals surface area (Å²) in [4.78, 5) is 5.98. The summed E-state index contributed by atoms with van der Waals surface area (Å²) in [7, 11) is 3.41. The highest BCUT2D eigenvalue weighted by atomic mass is 32.1. The molecule has 0 saturated heterocycles. The Morgan fingerprint density at radius 1 is 1.19 bits per heavy atom. The SMILES string of the molecule is COCCNCc1sc(-c2ccccc2C)nc1COC. The molecular weight excluding hydrogens is 284 g/mol. The van der Waals surface area contributed by atoms with E-state index in [0.29, 0.717) is 13.2 Å². The van der Waals surface area contributed by atoms with Crippen LogP contribution in [0.1, 0.15) is 16.1 Å². The van der Waals surface area contributed by atoms with Crippen molar-refractivity contribution in [1.29, 1.82) is 0 Å². The van der Waals surface area contributed by atoms with Crippen LogP contribution in [0.2, 0.25) is 0 Å². The third-order valence-electron chi connectivity index (χ3n) is 3.20. The zero-order chi connectivity index (χ0) is 15.1. The molecule has 0 aliphatic carbocycles. The first-order chi connectivity index (χ1) is 10.3. The molecule has 114 valence electrons. The van der Waals surface area contributed by atoms with Gasteiger partial charge >= 0.3 is 0 Å². The van der Waals surface area contributed by atoms with Crippen LogP contribution in [0.3, 0.4) is 0 Å². The van der Waals surface area contributed by atoms with Gasteiger partial charge in [-0.15, -0.1) is 11.3 Å². The Morgan fingerprint density at radius 2 is 2.00 bits per heavy atom. The number of aryl methyl sites for hydroxylation is 1. The molecule has 0 aliphatic heterocycles. The number of aromatic nitrogens is 1. The Labute approximate surface area is 130 Å². The maximum Gasteiger partial charge on any atom is 0.124 e. The van der Waals surface area contributed by atoms with Gasteiger partial charge in [-0.1, -0.05) is 24.3 Å². The van der Waals surface area contributed by atoms with E-state index in [-0.39, 0.29) is 0 Å². The maximum absolute atomic E-state index is 5.27. The van der Waals surface area contributed by atoms with E-state index < -0.39 is 0 Å². The second kappa shape index (κ2) is 8.24. The molecule has 0 spiro atoms. The zero-order valence-corrected chi connectivity index (χ0v) is 13.6. The van der Waals surface area contributed by atoms with Gasteiger partial charge in [-0.2, -0.15) is 0 Å². The molecular formula is C16H22N2O2S. The van der Waals surface area contributed by atoms with Crippen molar-refractivity contribution in [3.05, 3.63) is 40.4 Å². The molecule has 1 aromatic heterocycles. The van der Waals surface area contributed by atoms with Crippen LogP contribution < -0.4 is 5.32 Å². The Morgan fingerprint density at radius 3 is 2.71 bits per heavy atom. The van der Waals surface area contributed by atoms with Crippen molar-refractivity contribution in [3.8, 4) is 10.6 Å². The smallest absolute Gasteiger partial charge is 0.124 e. The first-order valence-corrected chi connectivity index (χ1v) is 7.81. The van der Waals surface area contributed by atoms with Gasteiger partial charge in [0.1, 0.15) is 5.01 Å². The van der Waals surface area contributed by atoms with Crippen molar-refractivity contribution in [1.82, 2.24) is 10.3 Å². The monoisotopic (exact) mass is 306 g/mol. The standard InChI is InChI=1S/C16H22N2O2S/c1-12-6-4-5-7-13(12)16-18-14(11-20-3)15(21-16)10-17-8-9-19-2/h4-7,17H,8-11H2,1-3H3. The predicted octanol–water partition coefficient (Wildman–Crippen LogP) is 3.00. The fourth-order valence-corrected chi connectivity index (χ4v) is 3.20. The first-order valence-electron chi connectivity index (χ1n) is 6.99. The fourth-order valence-electron chi connectivity index (χ4n) is 2.08. The van der Waals surface area contributed by atoms with Crippen LogP contribution in [0, 0.1) is 6.92 Å². The number of thiazole rings is 1. The van der Waals surface area contributed by atoms with Crippen molar-refractivity contribution in [2.75, 3.05) is 27.4 Å². The Balaban J connectivity index is 2.18. The van der Waals surface area contributed by atoms with E-state index in [1.807, 2.05) is 0 Å². The molecule has 0 amide bonds. The van der Waals surface area contributed by atoms with Gasteiger partial charge in [0.05, 0.1) is 18.9 Å². The maximum atomic E-state index is 5.27. The molecule has 4 nitrogen and oxygen atoms in total. The number of benzene rings is 1. The van der Waals surface area contributed by atoms with Crippen LogP contribution in [0.25, 0.3) is 10.6 Å². The normalized spacial score (nSPS) is 11.0. The van der Waals surface area contributed by atoms with Crippen molar-refractivity contribution in [3.63, 3.8) is 0 Å². The average molecular weight is 306 g/mol. The van der Waals surface area contributed by atoms with Crippen LogP contribution in [0.15, 0.2) is 24.3 Å². The highest BCUT2D eigenvalue weighted by molar-refractivity contribution is 7.15. The Kier molecular flexibility index (Phi) is 6.32. The van der Waals surface area contributed by atoms with Gasteiger partial charge in [0.15, 0.2) is 0 Å². The Bertz CT molecular complexity index is 569. The van der Waals surface area contributed by atoms with Gasteiger partial charge in [-0.3, -0.25) is 0 Å². The van der Waals surface area contributed by atoms with Gasteiger partial charge < -0.3 is 14.8 Å². The van der Waals surface area contributed by atoms with Gasteiger partial charge in [-0.05, 0) is 12.5 Å². The van der Waals surface area contributed by atoms with E-state index in [9.17, 15) is 0 Å². The summed E-state index contributed by atoms with van der Waals surface area (Å²) >= 11 is 1.73. The summed E-state index contributed by atoms with van der Waals surface area (Å²) in [6.07, 6.45) is 0. The molecule has 0 bridgehead atoms. The predicted molar refractivity (Wildman–Crippen MR) is 86.6 cm³/mol. The van der Waals surface area contributed by atoms with E-state index in [1.165, 1.54) is 16.0 Å². The first kappa shape index (κ1) is 16.1. The molecule has 1 aromatic carbocycles. The van der Waals surface area contributed by atoms with E-state index >= 15 is 0 Å². The lowest BCUT2D eigenvalue weighted by molar-refractivity contribution is 0.181. The summed E-state index contributed by atoms with van der Waals surface area (Å²) in [6.45, 7) is 5.00. The van der Waals surface area contributed by atoms with Gasteiger partial charge in [-0.25, -0.2) is 4.98 Å². The molecule has 0 fully saturated rings. The average Bonchev–Trinajstić information content (AvgIpc) is 2.87. The quantitative estimate of drug-likeness (QED) is 0.761. The number of nitrogens with one attached hydrogen (secondary N) is 1. The van der Waals surface area contributed by atoms with Crippen LogP contribution >= 0.6 is 11.3 Å². The van der Waals surface area contributed by atoms with Crippen molar-refractivity contribution in [2.24, 2.45) is 0 Å². The largest absolute Gasteiger partial charge is 0.383 e. The van der Waals surface area contributed by atoms with Crippen molar-refractivity contribution >= 4 is 11.3 Å². The summed E-state index contributed by atoms with van der Waals surface area (Å²) in [6, 6.07) is 8.34. The highest BCUT2D eigenvalue weighted by Crippen LogP contribution is 2.30. The second-order valence-electron chi connectivity index (χ2n) is 4.81. The van der Waals surface area contributed by atoms with Gasteiger partial charge in [0.25, 0.3) is 0 Å². The molecule has 0 radical (unpaired) electrons. The van der Waals surface area contributed by atoms with Crippen LogP contribution in [0.4, 0.5) is 0 Å². The minimum atomic E-state index is 0.545. The lowest BCUT2D eigenvalue weighted by atomic mass is 10.1. The minimum absolute atomic E-state index is 0.545. The number of hydrogen-bond donors (Lipinski definition) is 1. The lowest BCUT2D eigenvalue weighted by Crippen LogP contribution is -2.18. The number of nitrogens with zero attached hydrogens (tertiary/aromatic N) is 1. The topological polar surface area (TPSA) is 43.4 Å². The van der Waals surface area contributed by atoms with Gasteiger partial charge in [0, 0.05) is 37.7 Å². The number of rotatable bonds is 8. The molecule has 1 N–H and O–H groups in total. The number of methoxy groups -OCH3 is 2.